The number of hydrogen-bond acceptors (Lipinski definition) is 7. The Hall–Kier alpha value is -3.26. The summed E-state index contributed by atoms with van der Waals surface area (Å²) in [5.74, 6) is -1.05. The monoisotopic (exact) mass is 367 g/mol. The van der Waals surface area contributed by atoms with E-state index in [1.54, 1.807) is 18.2 Å². The van der Waals surface area contributed by atoms with Crippen molar-refractivity contribution in [2.45, 2.75) is 6.92 Å². The molecule has 4 rings (SSSR count). The molecule has 0 saturated carbocycles. The van der Waals surface area contributed by atoms with Gasteiger partial charge in [0.25, 0.3) is 5.91 Å². The second-order valence-electron chi connectivity index (χ2n) is 5.65. The lowest BCUT2D eigenvalue weighted by Gasteiger charge is -2.04. The zero-order valence-electron chi connectivity index (χ0n) is 13.7. The molecule has 0 radical (unpaired) electrons. The van der Waals surface area contributed by atoms with Crippen molar-refractivity contribution in [2.24, 2.45) is 0 Å². The molecule has 0 saturated heterocycles. The molecule has 0 aliphatic rings. The van der Waals surface area contributed by atoms with Crippen LogP contribution in [0.1, 0.15) is 15.9 Å². The van der Waals surface area contributed by atoms with Crippen LogP contribution in [-0.2, 0) is 9.53 Å². The minimum atomic E-state index is -0.607. The third-order valence-corrected chi connectivity index (χ3v) is 4.62. The molecule has 2 aromatic carbocycles. The molecular formula is C18H13N3O4S. The Bertz CT molecular complexity index is 1130. The quantitative estimate of drug-likeness (QED) is 0.555. The summed E-state index contributed by atoms with van der Waals surface area (Å²) in [6.45, 7) is 1.60. The van der Waals surface area contributed by atoms with Crippen LogP contribution < -0.4 is 5.32 Å². The van der Waals surface area contributed by atoms with Crippen molar-refractivity contribution in [3.05, 3.63) is 53.9 Å². The Labute approximate surface area is 151 Å². The first-order valence-corrected chi connectivity index (χ1v) is 8.57. The van der Waals surface area contributed by atoms with E-state index >= 15 is 0 Å². The molecule has 0 aliphatic heterocycles. The molecule has 0 spiro atoms. The van der Waals surface area contributed by atoms with Gasteiger partial charge in [-0.3, -0.25) is 10.1 Å². The molecule has 0 unspecified atom stereocenters. The third kappa shape index (κ3) is 3.27. The van der Waals surface area contributed by atoms with Crippen LogP contribution in [0.15, 0.2) is 47.2 Å². The maximum absolute atomic E-state index is 12.1. The first kappa shape index (κ1) is 16.2. The molecule has 2 heterocycles. The molecule has 4 aromatic rings. The average Bonchev–Trinajstić information content (AvgIpc) is 3.24. The van der Waals surface area contributed by atoms with Crippen molar-refractivity contribution in [2.75, 3.05) is 11.9 Å². The first-order valence-electron chi connectivity index (χ1n) is 7.76. The fraction of sp³-hybridized carbons (Fsp3) is 0.111. The van der Waals surface area contributed by atoms with Gasteiger partial charge in [0.1, 0.15) is 5.52 Å². The lowest BCUT2D eigenvalue weighted by Crippen LogP contribution is -2.20. The highest BCUT2D eigenvalue weighted by Gasteiger charge is 2.13. The summed E-state index contributed by atoms with van der Waals surface area (Å²) in [5.41, 5.74) is 3.36. The van der Waals surface area contributed by atoms with Crippen LogP contribution in [0, 0.1) is 6.92 Å². The maximum atomic E-state index is 12.1. The van der Waals surface area contributed by atoms with E-state index in [4.69, 9.17) is 9.15 Å². The Kier molecular flexibility index (Phi) is 4.10. The number of rotatable bonds is 4. The van der Waals surface area contributed by atoms with E-state index in [-0.39, 0.29) is 0 Å². The van der Waals surface area contributed by atoms with Crippen LogP contribution in [0.2, 0.25) is 0 Å². The number of anilines is 1. The number of aromatic nitrogens is 2. The van der Waals surface area contributed by atoms with Crippen LogP contribution in [0.25, 0.3) is 21.3 Å². The minimum absolute atomic E-state index is 0.301. The molecule has 26 heavy (non-hydrogen) atoms. The summed E-state index contributed by atoms with van der Waals surface area (Å²) in [7, 11) is 0. The number of carbonyl (C=O) groups excluding carboxylic acids is 2. The van der Waals surface area contributed by atoms with Gasteiger partial charge in [-0.25, -0.2) is 14.8 Å². The number of nitrogens with one attached hydrogen (secondary N) is 1. The van der Waals surface area contributed by atoms with Gasteiger partial charge >= 0.3 is 5.97 Å². The number of oxazole rings is 1. The predicted molar refractivity (Wildman–Crippen MR) is 97.3 cm³/mol. The van der Waals surface area contributed by atoms with Gasteiger partial charge in [-0.2, -0.15) is 0 Å². The van der Waals surface area contributed by atoms with Crippen LogP contribution >= 0.6 is 11.3 Å². The van der Waals surface area contributed by atoms with Gasteiger partial charge in [-0.1, -0.05) is 17.4 Å². The average molecular weight is 367 g/mol. The molecule has 130 valence electrons. The van der Waals surface area contributed by atoms with E-state index in [1.165, 1.54) is 17.7 Å². The van der Waals surface area contributed by atoms with Gasteiger partial charge in [-0.15, -0.1) is 0 Å². The number of fused-ring (bicyclic) bond motifs is 2. The molecule has 0 bridgehead atoms. The van der Waals surface area contributed by atoms with E-state index in [0.717, 1.165) is 15.8 Å². The van der Waals surface area contributed by atoms with Crippen molar-refractivity contribution in [3.63, 3.8) is 0 Å². The van der Waals surface area contributed by atoms with Gasteiger partial charge in [0, 0.05) is 0 Å². The van der Waals surface area contributed by atoms with Crippen molar-refractivity contribution in [1.29, 1.82) is 0 Å². The van der Waals surface area contributed by atoms with Crippen molar-refractivity contribution >= 4 is 49.7 Å². The second-order valence-corrected chi connectivity index (χ2v) is 6.68. The number of benzene rings is 2. The predicted octanol–water partition coefficient (Wildman–Crippen LogP) is 3.54. The number of thiazole rings is 1. The summed E-state index contributed by atoms with van der Waals surface area (Å²) in [6.07, 6.45) is 1.30. The third-order valence-electron chi connectivity index (χ3n) is 3.69. The molecule has 1 amide bonds. The Morgan fingerprint density at radius 3 is 2.96 bits per heavy atom. The number of hydrogen-bond donors (Lipinski definition) is 1. The van der Waals surface area contributed by atoms with Crippen molar-refractivity contribution in [1.82, 2.24) is 9.97 Å². The number of ether oxygens (including phenoxy) is 1. The number of esters is 1. The Morgan fingerprint density at radius 2 is 2.08 bits per heavy atom. The Morgan fingerprint density at radius 1 is 1.19 bits per heavy atom. The molecule has 8 heteroatoms. The van der Waals surface area contributed by atoms with E-state index in [2.05, 4.69) is 15.3 Å². The summed E-state index contributed by atoms with van der Waals surface area (Å²) < 4.78 is 11.1. The van der Waals surface area contributed by atoms with Crippen molar-refractivity contribution in [3.8, 4) is 0 Å². The zero-order chi connectivity index (χ0) is 18.1. The minimum Gasteiger partial charge on any atom is -0.452 e. The second kappa shape index (κ2) is 6.57. The van der Waals surface area contributed by atoms with Gasteiger partial charge in [0.15, 0.2) is 23.7 Å². The van der Waals surface area contributed by atoms with Crippen LogP contribution in [0.5, 0.6) is 0 Å². The summed E-state index contributed by atoms with van der Waals surface area (Å²) in [5, 5.41) is 3.12. The fourth-order valence-electron chi connectivity index (χ4n) is 2.44. The largest absolute Gasteiger partial charge is 0.452 e. The highest BCUT2D eigenvalue weighted by atomic mass is 32.1. The normalized spacial score (nSPS) is 11.0. The summed E-state index contributed by atoms with van der Waals surface area (Å²) >= 11 is 1.37. The standard InChI is InChI=1S/C18H13N3O4S/c1-10-2-4-12-15(6-10)26-18(20-12)21-16(22)8-24-17(23)11-3-5-14-13(7-11)19-9-25-14/h2-7,9H,8H2,1H3,(H,20,21,22). The van der Waals surface area contributed by atoms with Gasteiger partial charge in [0.2, 0.25) is 0 Å². The van der Waals surface area contributed by atoms with E-state index < -0.39 is 18.5 Å². The molecule has 0 fully saturated rings. The summed E-state index contributed by atoms with van der Waals surface area (Å²) in [6, 6.07) is 10.6. The van der Waals surface area contributed by atoms with Crippen LogP contribution in [0.4, 0.5) is 5.13 Å². The first-order chi connectivity index (χ1) is 12.6. The fourth-order valence-corrected chi connectivity index (χ4v) is 3.42. The smallest absolute Gasteiger partial charge is 0.338 e. The van der Waals surface area contributed by atoms with Gasteiger partial charge in [-0.05, 0) is 42.8 Å². The lowest BCUT2D eigenvalue weighted by atomic mass is 10.2. The molecule has 2 aromatic heterocycles. The highest BCUT2D eigenvalue weighted by molar-refractivity contribution is 7.22. The molecule has 1 N–H and O–H groups in total. The van der Waals surface area contributed by atoms with E-state index in [0.29, 0.717) is 21.8 Å². The molecule has 7 nitrogen and oxygen atoms in total. The Balaban J connectivity index is 1.38. The lowest BCUT2D eigenvalue weighted by molar-refractivity contribution is -0.119. The van der Waals surface area contributed by atoms with Crippen molar-refractivity contribution < 1.29 is 18.7 Å². The number of aryl methyl sites for hydroxylation is 1. The number of nitrogens with zero attached hydrogens (tertiary/aromatic N) is 2. The van der Waals surface area contributed by atoms with Crippen LogP contribution in [0.3, 0.4) is 0 Å². The maximum Gasteiger partial charge on any atom is 0.338 e. The number of carbonyl (C=O) groups is 2. The van der Waals surface area contributed by atoms with Crippen LogP contribution in [-0.4, -0.2) is 28.5 Å². The topological polar surface area (TPSA) is 94.3 Å². The van der Waals surface area contributed by atoms with Gasteiger partial charge in [0.05, 0.1) is 15.8 Å². The van der Waals surface area contributed by atoms with Gasteiger partial charge < -0.3 is 9.15 Å². The van der Waals surface area contributed by atoms with E-state index in [9.17, 15) is 9.59 Å². The zero-order valence-corrected chi connectivity index (χ0v) is 14.5. The highest BCUT2D eigenvalue weighted by Crippen LogP contribution is 2.26. The summed E-state index contributed by atoms with van der Waals surface area (Å²) in [4.78, 5) is 32.4. The molecular weight excluding hydrogens is 354 g/mol. The molecule has 0 atom stereocenters. The SMILES string of the molecule is Cc1ccc2nc(NC(=O)COC(=O)c3ccc4ocnc4c3)sc2c1. The number of amides is 1. The van der Waals surface area contributed by atoms with E-state index in [1.807, 2.05) is 25.1 Å². The molecule has 0 aliphatic carbocycles.